The SMILES string of the molecule is CC(C)N1CCC[C@H]1C(F)F. The summed E-state index contributed by atoms with van der Waals surface area (Å²) in [7, 11) is 0. The third-order valence-corrected chi connectivity index (χ3v) is 2.30. The highest BCUT2D eigenvalue weighted by molar-refractivity contribution is 4.82. The average Bonchev–Trinajstić information content (AvgIpc) is 2.32. The standard InChI is InChI=1S/C8H15F2N/c1-6(2)11-5-3-4-7(11)8(9)10/h6-8H,3-5H2,1-2H3/t7-/m0/s1. The first kappa shape index (κ1) is 8.91. The van der Waals surface area contributed by atoms with Gasteiger partial charge in [0.15, 0.2) is 0 Å². The van der Waals surface area contributed by atoms with E-state index >= 15 is 0 Å². The molecule has 0 N–H and O–H groups in total. The predicted molar refractivity (Wildman–Crippen MR) is 40.9 cm³/mol. The monoisotopic (exact) mass is 163 g/mol. The van der Waals surface area contributed by atoms with E-state index in [1.807, 2.05) is 18.7 Å². The molecule has 1 aliphatic heterocycles. The molecule has 0 aromatic rings. The van der Waals surface area contributed by atoms with E-state index < -0.39 is 12.5 Å². The summed E-state index contributed by atoms with van der Waals surface area (Å²) in [4.78, 5) is 1.89. The Morgan fingerprint density at radius 2 is 2.00 bits per heavy atom. The number of halogens is 2. The summed E-state index contributed by atoms with van der Waals surface area (Å²) >= 11 is 0. The molecule has 1 atom stereocenters. The molecule has 0 aliphatic carbocycles. The lowest BCUT2D eigenvalue weighted by atomic mass is 10.2. The zero-order chi connectivity index (χ0) is 8.43. The summed E-state index contributed by atoms with van der Waals surface area (Å²) in [6.07, 6.45) is -0.580. The second kappa shape index (κ2) is 3.48. The zero-order valence-corrected chi connectivity index (χ0v) is 7.06. The first-order chi connectivity index (χ1) is 5.13. The van der Waals surface area contributed by atoms with E-state index in [-0.39, 0.29) is 6.04 Å². The highest BCUT2D eigenvalue weighted by Gasteiger charge is 2.32. The predicted octanol–water partition coefficient (Wildman–Crippen LogP) is 2.12. The Morgan fingerprint density at radius 1 is 1.36 bits per heavy atom. The smallest absolute Gasteiger partial charge is 0.253 e. The average molecular weight is 163 g/mol. The molecule has 3 heteroatoms. The highest BCUT2D eigenvalue weighted by atomic mass is 19.3. The third-order valence-electron chi connectivity index (χ3n) is 2.30. The quantitative estimate of drug-likeness (QED) is 0.602. The van der Waals surface area contributed by atoms with Crippen molar-refractivity contribution in [1.82, 2.24) is 4.90 Å². The van der Waals surface area contributed by atoms with Crippen molar-refractivity contribution in [3.05, 3.63) is 0 Å². The molecule has 66 valence electrons. The fourth-order valence-corrected chi connectivity index (χ4v) is 1.73. The molecule has 1 nitrogen and oxygen atoms in total. The van der Waals surface area contributed by atoms with Gasteiger partial charge in [-0.05, 0) is 33.2 Å². The van der Waals surface area contributed by atoms with Gasteiger partial charge in [-0.15, -0.1) is 0 Å². The third kappa shape index (κ3) is 1.89. The van der Waals surface area contributed by atoms with Crippen molar-refractivity contribution < 1.29 is 8.78 Å². The van der Waals surface area contributed by atoms with Crippen LogP contribution in [-0.4, -0.2) is 30.0 Å². The Balaban J connectivity index is 2.51. The molecule has 1 fully saturated rings. The second-order valence-corrected chi connectivity index (χ2v) is 3.38. The van der Waals surface area contributed by atoms with Crippen LogP contribution in [0.1, 0.15) is 26.7 Å². The van der Waals surface area contributed by atoms with Crippen LogP contribution in [0.15, 0.2) is 0 Å². The minimum Gasteiger partial charge on any atom is -0.293 e. The summed E-state index contributed by atoms with van der Waals surface area (Å²) in [6.45, 7) is 4.79. The van der Waals surface area contributed by atoms with Gasteiger partial charge in [-0.2, -0.15) is 0 Å². The number of hydrogen-bond donors (Lipinski definition) is 0. The van der Waals surface area contributed by atoms with E-state index in [9.17, 15) is 8.78 Å². The molecular weight excluding hydrogens is 148 g/mol. The molecule has 0 spiro atoms. The van der Waals surface area contributed by atoms with Gasteiger partial charge in [-0.25, -0.2) is 8.78 Å². The number of likely N-dealkylation sites (tertiary alicyclic amines) is 1. The van der Waals surface area contributed by atoms with Gasteiger partial charge in [0.2, 0.25) is 0 Å². The van der Waals surface area contributed by atoms with E-state index in [4.69, 9.17) is 0 Å². The number of alkyl halides is 2. The van der Waals surface area contributed by atoms with Crippen LogP contribution in [0.4, 0.5) is 8.78 Å². The van der Waals surface area contributed by atoms with Crippen LogP contribution in [0.3, 0.4) is 0 Å². The molecule has 1 heterocycles. The molecule has 0 amide bonds. The Bertz CT molecular complexity index is 111. The molecule has 0 aromatic heterocycles. The van der Waals surface area contributed by atoms with Crippen molar-refractivity contribution in [2.45, 2.75) is 45.2 Å². The van der Waals surface area contributed by atoms with Gasteiger partial charge >= 0.3 is 0 Å². The first-order valence-corrected chi connectivity index (χ1v) is 4.17. The van der Waals surface area contributed by atoms with Gasteiger partial charge in [-0.1, -0.05) is 0 Å². The Kier molecular flexibility index (Phi) is 2.82. The molecule has 11 heavy (non-hydrogen) atoms. The Hall–Kier alpha value is -0.180. The van der Waals surface area contributed by atoms with Crippen LogP contribution >= 0.6 is 0 Å². The van der Waals surface area contributed by atoms with Crippen LogP contribution in [-0.2, 0) is 0 Å². The minimum absolute atomic E-state index is 0.261. The van der Waals surface area contributed by atoms with Crippen LogP contribution in [0, 0.1) is 0 Å². The van der Waals surface area contributed by atoms with Gasteiger partial charge in [0.05, 0.1) is 6.04 Å². The van der Waals surface area contributed by atoms with E-state index in [2.05, 4.69) is 0 Å². The van der Waals surface area contributed by atoms with E-state index in [0.717, 1.165) is 13.0 Å². The maximum atomic E-state index is 12.3. The van der Waals surface area contributed by atoms with E-state index in [1.54, 1.807) is 0 Å². The summed E-state index contributed by atoms with van der Waals surface area (Å²) in [6, 6.07) is -0.216. The molecule has 0 bridgehead atoms. The summed E-state index contributed by atoms with van der Waals surface area (Å²) in [5.74, 6) is 0. The first-order valence-electron chi connectivity index (χ1n) is 4.17. The van der Waals surface area contributed by atoms with Gasteiger partial charge in [0, 0.05) is 6.04 Å². The summed E-state index contributed by atoms with van der Waals surface area (Å²) < 4.78 is 24.6. The number of rotatable bonds is 2. The minimum atomic E-state index is -2.17. The molecular formula is C8H15F2N. The van der Waals surface area contributed by atoms with Crippen molar-refractivity contribution >= 4 is 0 Å². The van der Waals surface area contributed by atoms with Crippen LogP contribution in [0.5, 0.6) is 0 Å². The molecule has 1 rings (SSSR count). The van der Waals surface area contributed by atoms with Crippen LogP contribution in [0.2, 0.25) is 0 Å². The lowest BCUT2D eigenvalue weighted by molar-refractivity contribution is 0.0339. The zero-order valence-electron chi connectivity index (χ0n) is 7.06. The lowest BCUT2D eigenvalue weighted by Crippen LogP contribution is -2.39. The van der Waals surface area contributed by atoms with E-state index in [1.165, 1.54) is 0 Å². The van der Waals surface area contributed by atoms with Crippen molar-refractivity contribution in [1.29, 1.82) is 0 Å². The second-order valence-electron chi connectivity index (χ2n) is 3.38. The molecule has 0 saturated carbocycles. The largest absolute Gasteiger partial charge is 0.293 e. The number of nitrogens with zero attached hydrogens (tertiary/aromatic N) is 1. The van der Waals surface area contributed by atoms with Gasteiger partial charge < -0.3 is 0 Å². The van der Waals surface area contributed by atoms with E-state index in [0.29, 0.717) is 6.42 Å². The maximum absolute atomic E-state index is 12.3. The maximum Gasteiger partial charge on any atom is 0.253 e. The fraction of sp³-hybridized carbons (Fsp3) is 1.00. The Morgan fingerprint density at radius 3 is 2.36 bits per heavy atom. The molecule has 0 aromatic carbocycles. The summed E-state index contributed by atoms with van der Waals surface area (Å²) in [5, 5.41) is 0. The molecule has 1 saturated heterocycles. The van der Waals surface area contributed by atoms with Gasteiger partial charge in [0.25, 0.3) is 6.43 Å². The van der Waals surface area contributed by atoms with Crippen molar-refractivity contribution in [3.8, 4) is 0 Å². The summed E-state index contributed by atoms with van der Waals surface area (Å²) in [5.41, 5.74) is 0. The highest BCUT2D eigenvalue weighted by Crippen LogP contribution is 2.24. The van der Waals surface area contributed by atoms with Gasteiger partial charge in [0.1, 0.15) is 0 Å². The van der Waals surface area contributed by atoms with Gasteiger partial charge in [-0.3, -0.25) is 4.90 Å². The molecule has 1 aliphatic rings. The normalized spacial score (nSPS) is 27.3. The number of hydrogen-bond acceptors (Lipinski definition) is 1. The van der Waals surface area contributed by atoms with Crippen molar-refractivity contribution in [2.24, 2.45) is 0 Å². The Labute approximate surface area is 66.4 Å². The van der Waals surface area contributed by atoms with Crippen molar-refractivity contribution in [3.63, 3.8) is 0 Å². The fourth-order valence-electron chi connectivity index (χ4n) is 1.73. The molecule has 0 unspecified atom stereocenters. The topological polar surface area (TPSA) is 3.24 Å². The molecule has 0 radical (unpaired) electrons. The van der Waals surface area contributed by atoms with Crippen LogP contribution in [0.25, 0.3) is 0 Å². The lowest BCUT2D eigenvalue weighted by Gasteiger charge is -2.27. The van der Waals surface area contributed by atoms with Crippen LogP contribution < -0.4 is 0 Å². The van der Waals surface area contributed by atoms with Crippen molar-refractivity contribution in [2.75, 3.05) is 6.54 Å².